The van der Waals surface area contributed by atoms with E-state index in [0.717, 1.165) is 16.8 Å². The maximum atomic E-state index is 12.0. The van der Waals surface area contributed by atoms with E-state index in [4.69, 9.17) is 5.73 Å². The van der Waals surface area contributed by atoms with Gasteiger partial charge in [-0.3, -0.25) is 4.79 Å². The van der Waals surface area contributed by atoms with E-state index in [9.17, 15) is 4.79 Å². The Morgan fingerprint density at radius 3 is 2.67 bits per heavy atom. The van der Waals surface area contributed by atoms with E-state index >= 15 is 0 Å². The SMILES string of the molecule is Cc1cc(C(=O)C(C)C2CC2)ccc1N. The number of hydrogen-bond donors (Lipinski definition) is 1. The van der Waals surface area contributed by atoms with Crippen LogP contribution in [0.2, 0.25) is 0 Å². The third-order valence-corrected chi connectivity index (χ3v) is 3.30. The molecule has 1 fully saturated rings. The van der Waals surface area contributed by atoms with Crippen molar-refractivity contribution in [3.63, 3.8) is 0 Å². The van der Waals surface area contributed by atoms with Crippen molar-refractivity contribution in [2.45, 2.75) is 26.7 Å². The second-order valence-electron chi connectivity index (χ2n) is 4.56. The molecule has 0 spiro atoms. The van der Waals surface area contributed by atoms with Crippen molar-refractivity contribution >= 4 is 11.5 Å². The Morgan fingerprint density at radius 1 is 1.47 bits per heavy atom. The summed E-state index contributed by atoms with van der Waals surface area (Å²) in [5.74, 6) is 1.06. The summed E-state index contributed by atoms with van der Waals surface area (Å²) in [5, 5.41) is 0. The first-order chi connectivity index (χ1) is 7.09. The average molecular weight is 203 g/mol. The van der Waals surface area contributed by atoms with Crippen LogP contribution >= 0.6 is 0 Å². The van der Waals surface area contributed by atoms with Crippen LogP contribution in [0, 0.1) is 18.8 Å². The third kappa shape index (κ3) is 2.04. The minimum Gasteiger partial charge on any atom is -0.399 e. The molecule has 1 unspecified atom stereocenters. The van der Waals surface area contributed by atoms with E-state index in [2.05, 4.69) is 0 Å². The van der Waals surface area contributed by atoms with E-state index in [-0.39, 0.29) is 11.7 Å². The number of ketones is 1. The molecule has 1 aromatic rings. The molecule has 0 amide bonds. The quantitative estimate of drug-likeness (QED) is 0.606. The van der Waals surface area contributed by atoms with Crippen molar-refractivity contribution in [1.29, 1.82) is 0 Å². The summed E-state index contributed by atoms with van der Waals surface area (Å²) in [6.07, 6.45) is 2.42. The summed E-state index contributed by atoms with van der Waals surface area (Å²) >= 11 is 0. The number of carbonyl (C=O) groups is 1. The van der Waals surface area contributed by atoms with E-state index in [0.29, 0.717) is 5.92 Å². The summed E-state index contributed by atoms with van der Waals surface area (Å²) in [6, 6.07) is 5.56. The first-order valence-corrected chi connectivity index (χ1v) is 5.50. The topological polar surface area (TPSA) is 43.1 Å². The van der Waals surface area contributed by atoms with Gasteiger partial charge in [-0.2, -0.15) is 0 Å². The highest BCUT2D eigenvalue weighted by atomic mass is 16.1. The summed E-state index contributed by atoms with van der Waals surface area (Å²) in [7, 11) is 0. The molecular weight excluding hydrogens is 186 g/mol. The zero-order chi connectivity index (χ0) is 11.0. The van der Waals surface area contributed by atoms with Crippen LogP contribution in [-0.4, -0.2) is 5.78 Å². The normalized spacial score (nSPS) is 17.5. The molecule has 1 aromatic carbocycles. The van der Waals surface area contributed by atoms with Crippen LogP contribution in [0.1, 0.15) is 35.7 Å². The van der Waals surface area contributed by atoms with Gasteiger partial charge in [0.15, 0.2) is 5.78 Å². The van der Waals surface area contributed by atoms with Gasteiger partial charge in [-0.15, -0.1) is 0 Å². The molecule has 0 aliphatic heterocycles. The molecule has 1 saturated carbocycles. The lowest BCUT2D eigenvalue weighted by Gasteiger charge is -2.10. The molecule has 0 saturated heterocycles. The van der Waals surface area contributed by atoms with Crippen molar-refractivity contribution in [1.82, 2.24) is 0 Å². The molecule has 0 aromatic heterocycles. The molecular formula is C13H17NO. The van der Waals surface area contributed by atoms with Crippen LogP contribution in [0.5, 0.6) is 0 Å². The number of aryl methyl sites for hydroxylation is 1. The fraction of sp³-hybridized carbons (Fsp3) is 0.462. The molecule has 2 heteroatoms. The van der Waals surface area contributed by atoms with Crippen LogP contribution in [0.25, 0.3) is 0 Å². The number of Topliss-reactive ketones (excluding diaryl/α,β-unsaturated/α-hetero) is 1. The average Bonchev–Trinajstić information content (AvgIpc) is 3.03. The molecule has 1 atom stereocenters. The minimum atomic E-state index is 0.174. The first-order valence-electron chi connectivity index (χ1n) is 5.50. The van der Waals surface area contributed by atoms with Crippen LogP contribution < -0.4 is 5.73 Å². The molecule has 80 valence electrons. The fourth-order valence-corrected chi connectivity index (χ4v) is 1.90. The maximum absolute atomic E-state index is 12.0. The highest BCUT2D eigenvalue weighted by Crippen LogP contribution is 2.38. The summed E-state index contributed by atoms with van der Waals surface area (Å²) in [6.45, 7) is 3.97. The van der Waals surface area contributed by atoms with Crippen LogP contribution in [0.3, 0.4) is 0 Å². The molecule has 0 radical (unpaired) electrons. The van der Waals surface area contributed by atoms with Gasteiger partial charge >= 0.3 is 0 Å². The lowest BCUT2D eigenvalue weighted by Crippen LogP contribution is -2.13. The molecule has 2 N–H and O–H groups in total. The monoisotopic (exact) mass is 203 g/mol. The minimum absolute atomic E-state index is 0.174. The lowest BCUT2D eigenvalue weighted by atomic mass is 9.94. The number of nitrogen functional groups attached to an aromatic ring is 1. The Morgan fingerprint density at radius 2 is 2.13 bits per heavy atom. The molecule has 1 aliphatic rings. The summed E-state index contributed by atoms with van der Waals surface area (Å²) in [4.78, 5) is 12.0. The van der Waals surface area contributed by atoms with Gasteiger partial charge in [0.1, 0.15) is 0 Å². The lowest BCUT2D eigenvalue weighted by molar-refractivity contribution is 0.0916. The van der Waals surface area contributed by atoms with E-state index in [1.807, 2.05) is 32.0 Å². The Labute approximate surface area is 90.5 Å². The van der Waals surface area contributed by atoms with Crippen molar-refractivity contribution in [2.75, 3.05) is 5.73 Å². The predicted molar refractivity (Wildman–Crippen MR) is 61.8 cm³/mol. The highest BCUT2D eigenvalue weighted by Gasteiger charge is 2.32. The van der Waals surface area contributed by atoms with E-state index < -0.39 is 0 Å². The van der Waals surface area contributed by atoms with Gasteiger partial charge in [0.2, 0.25) is 0 Å². The Bertz CT molecular complexity index is 394. The third-order valence-electron chi connectivity index (χ3n) is 3.30. The fourth-order valence-electron chi connectivity index (χ4n) is 1.90. The Kier molecular flexibility index (Phi) is 2.51. The molecule has 2 rings (SSSR count). The van der Waals surface area contributed by atoms with Crippen LogP contribution in [0.4, 0.5) is 5.69 Å². The van der Waals surface area contributed by atoms with Gasteiger partial charge in [-0.05, 0) is 49.4 Å². The van der Waals surface area contributed by atoms with Crippen LogP contribution in [-0.2, 0) is 0 Å². The number of nitrogens with two attached hydrogens (primary N) is 1. The summed E-state index contributed by atoms with van der Waals surface area (Å²) < 4.78 is 0. The molecule has 15 heavy (non-hydrogen) atoms. The second kappa shape index (κ2) is 3.69. The molecule has 0 heterocycles. The largest absolute Gasteiger partial charge is 0.399 e. The number of rotatable bonds is 3. The van der Waals surface area contributed by atoms with Gasteiger partial charge < -0.3 is 5.73 Å². The number of anilines is 1. The number of carbonyl (C=O) groups excluding carboxylic acids is 1. The Hall–Kier alpha value is -1.31. The van der Waals surface area contributed by atoms with Gasteiger partial charge in [0, 0.05) is 17.2 Å². The van der Waals surface area contributed by atoms with Gasteiger partial charge in [-0.25, -0.2) is 0 Å². The zero-order valence-electron chi connectivity index (χ0n) is 9.29. The maximum Gasteiger partial charge on any atom is 0.165 e. The van der Waals surface area contributed by atoms with Crippen molar-refractivity contribution in [3.05, 3.63) is 29.3 Å². The first kappa shape index (κ1) is 10.2. The summed E-state index contributed by atoms with van der Waals surface area (Å²) in [5.41, 5.74) is 8.28. The van der Waals surface area contributed by atoms with Gasteiger partial charge in [-0.1, -0.05) is 6.92 Å². The van der Waals surface area contributed by atoms with E-state index in [1.54, 1.807) is 0 Å². The zero-order valence-corrected chi connectivity index (χ0v) is 9.29. The molecule has 1 aliphatic carbocycles. The van der Waals surface area contributed by atoms with Gasteiger partial charge in [0.25, 0.3) is 0 Å². The van der Waals surface area contributed by atoms with E-state index in [1.165, 1.54) is 12.8 Å². The molecule has 2 nitrogen and oxygen atoms in total. The van der Waals surface area contributed by atoms with Crippen molar-refractivity contribution < 1.29 is 4.79 Å². The van der Waals surface area contributed by atoms with Gasteiger partial charge in [0.05, 0.1) is 0 Å². The van der Waals surface area contributed by atoms with Crippen LogP contribution in [0.15, 0.2) is 18.2 Å². The smallest absolute Gasteiger partial charge is 0.165 e. The second-order valence-corrected chi connectivity index (χ2v) is 4.56. The Balaban J connectivity index is 2.21. The number of benzene rings is 1. The number of hydrogen-bond acceptors (Lipinski definition) is 2. The van der Waals surface area contributed by atoms with Crippen molar-refractivity contribution in [3.8, 4) is 0 Å². The molecule has 0 bridgehead atoms. The highest BCUT2D eigenvalue weighted by molar-refractivity contribution is 5.98. The predicted octanol–water partition coefficient (Wildman–Crippen LogP) is 2.81. The standard InChI is InChI=1S/C13H17NO/c1-8-7-11(5-6-12(8)14)13(15)9(2)10-3-4-10/h5-7,9-10H,3-4,14H2,1-2H3. The van der Waals surface area contributed by atoms with Crippen molar-refractivity contribution in [2.24, 2.45) is 11.8 Å².